The molecule has 0 aromatic carbocycles. The fourth-order valence-corrected chi connectivity index (χ4v) is 3.44. The standard InChI is InChI=1S/C22H28FN5O2/c1-5-8-22(4,24)13-26-21(29)20-15(3)27-28-18(20)10-14(2)11-19(28)30-12-17-16(23)7-6-9-25-17/h6-7,9-11H,5,8,12-13,24H2,1-4H3,(H,26,29). The minimum Gasteiger partial charge on any atom is -0.471 e. The topological polar surface area (TPSA) is 94.5 Å². The molecule has 0 bridgehead atoms. The van der Waals surface area contributed by atoms with E-state index in [9.17, 15) is 9.18 Å². The zero-order valence-electron chi connectivity index (χ0n) is 17.8. The highest BCUT2D eigenvalue weighted by molar-refractivity contribution is 6.02. The molecule has 0 spiro atoms. The first kappa shape index (κ1) is 21.7. The summed E-state index contributed by atoms with van der Waals surface area (Å²) in [4.78, 5) is 16.9. The highest BCUT2D eigenvalue weighted by atomic mass is 19.1. The van der Waals surface area contributed by atoms with Gasteiger partial charge in [-0.2, -0.15) is 9.61 Å². The highest BCUT2D eigenvalue weighted by Gasteiger charge is 2.23. The third-order valence-electron chi connectivity index (χ3n) is 4.91. The number of aromatic nitrogens is 3. The number of fused-ring (bicyclic) bond motifs is 1. The Hall–Kier alpha value is -3.00. The zero-order chi connectivity index (χ0) is 21.9. The van der Waals surface area contributed by atoms with Crippen molar-refractivity contribution in [2.24, 2.45) is 5.73 Å². The van der Waals surface area contributed by atoms with E-state index >= 15 is 0 Å². The summed E-state index contributed by atoms with van der Waals surface area (Å²) in [6, 6.07) is 6.52. The molecule has 3 N–H and O–H groups in total. The summed E-state index contributed by atoms with van der Waals surface area (Å²) in [6.45, 7) is 7.97. The number of nitrogens with zero attached hydrogens (tertiary/aromatic N) is 3. The molecule has 3 heterocycles. The Labute approximate surface area is 175 Å². The van der Waals surface area contributed by atoms with Gasteiger partial charge in [-0.15, -0.1) is 0 Å². The number of carbonyl (C=O) groups excluding carboxylic acids is 1. The number of pyridine rings is 2. The normalized spacial score (nSPS) is 13.3. The summed E-state index contributed by atoms with van der Waals surface area (Å²) in [5.74, 6) is -0.260. The average Bonchev–Trinajstić information content (AvgIpc) is 3.01. The van der Waals surface area contributed by atoms with Gasteiger partial charge in [0, 0.05) is 24.3 Å². The number of halogens is 1. The number of nitrogens with one attached hydrogen (secondary N) is 1. The van der Waals surface area contributed by atoms with E-state index in [2.05, 4.69) is 22.3 Å². The maximum atomic E-state index is 13.9. The van der Waals surface area contributed by atoms with Gasteiger partial charge in [0.1, 0.15) is 18.1 Å². The number of rotatable bonds is 8. The van der Waals surface area contributed by atoms with Gasteiger partial charge >= 0.3 is 0 Å². The predicted molar refractivity (Wildman–Crippen MR) is 113 cm³/mol. The van der Waals surface area contributed by atoms with Crippen LogP contribution in [0, 0.1) is 19.7 Å². The SMILES string of the molecule is CCCC(C)(N)CNC(=O)c1c(C)nn2c(OCc3ncccc3F)cc(C)cc12. The van der Waals surface area contributed by atoms with Crippen LogP contribution in [-0.2, 0) is 6.61 Å². The molecule has 0 radical (unpaired) electrons. The van der Waals surface area contributed by atoms with Gasteiger partial charge in [-0.3, -0.25) is 9.78 Å². The largest absolute Gasteiger partial charge is 0.471 e. The van der Waals surface area contributed by atoms with Crippen LogP contribution < -0.4 is 15.8 Å². The molecule has 3 aromatic rings. The molecule has 8 heteroatoms. The Morgan fingerprint density at radius 3 is 2.83 bits per heavy atom. The van der Waals surface area contributed by atoms with E-state index in [1.807, 2.05) is 19.9 Å². The minimum absolute atomic E-state index is 0.0474. The van der Waals surface area contributed by atoms with Crippen molar-refractivity contribution in [3.05, 3.63) is 58.8 Å². The second-order valence-corrected chi connectivity index (χ2v) is 7.94. The third-order valence-corrected chi connectivity index (χ3v) is 4.91. The van der Waals surface area contributed by atoms with Crippen molar-refractivity contribution in [2.75, 3.05) is 6.54 Å². The number of hydrogen-bond acceptors (Lipinski definition) is 5. The van der Waals surface area contributed by atoms with Crippen LogP contribution in [0.2, 0.25) is 0 Å². The zero-order valence-corrected chi connectivity index (χ0v) is 17.8. The van der Waals surface area contributed by atoms with Crippen LogP contribution in [0.15, 0.2) is 30.5 Å². The maximum absolute atomic E-state index is 13.9. The maximum Gasteiger partial charge on any atom is 0.255 e. The van der Waals surface area contributed by atoms with E-state index in [0.29, 0.717) is 29.2 Å². The van der Waals surface area contributed by atoms with Gasteiger partial charge < -0.3 is 15.8 Å². The number of aryl methyl sites for hydroxylation is 2. The van der Waals surface area contributed by atoms with Crippen molar-refractivity contribution in [3.63, 3.8) is 0 Å². The van der Waals surface area contributed by atoms with Crippen LogP contribution in [0.5, 0.6) is 5.88 Å². The quantitative estimate of drug-likeness (QED) is 0.591. The Balaban J connectivity index is 1.88. The van der Waals surface area contributed by atoms with Crippen molar-refractivity contribution >= 4 is 11.4 Å². The van der Waals surface area contributed by atoms with Crippen LogP contribution in [0.3, 0.4) is 0 Å². The molecule has 0 aliphatic carbocycles. The van der Waals surface area contributed by atoms with Crippen LogP contribution in [-0.4, -0.2) is 32.6 Å². The summed E-state index contributed by atoms with van der Waals surface area (Å²) in [6.07, 6.45) is 3.26. The van der Waals surface area contributed by atoms with Crippen molar-refractivity contribution in [2.45, 2.75) is 52.7 Å². The van der Waals surface area contributed by atoms with E-state index in [4.69, 9.17) is 10.5 Å². The van der Waals surface area contributed by atoms with Gasteiger partial charge in [0.25, 0.3) is 5.91 Å². The molecule has 1 atom stereocenters. The lowest BCUT2D eigenvalue weighted by atomic mass is 9.97. The van der Waals surface area contributed by atoms with E-state index in [1.165, 1.54) is 18.3 Å². The first-order valence-electron chi connectivity index (χ1n) is 10.0. The number of nitrogens with two attached hydrogens (primary N) is 1. The molecule has 0 saturated carbocycles. The molecule has 1 unspecified atom stereocenters. The van der Waals surface area contributed by atoms with Gasteiger partial charge in [-0.05, 0) is 51.0 Å². The summed E-state index contributed by atoms with van der Waals surface area (Å²) in [5.41, 5.74) is 8.52. The molecular formula is C22H28FN5O2. The monoisotopic (exact) mass is 413 g/mol. The van der Waals surface area contributed by atoms with E-state index in [1.54, 1.807) is 17.5 Å². The molecule has 1 amide bonds. The second kappa shape index (κ2) is 8.79. The Kier molecular flexibility index (Phi) is 6.36. The summed E-state index contributed by atoms with van der Waals surface area (Å²) < 4.78 is 21.2. The Morgan fingerprint density at radius 2 is 2.13 bits per heavy atom. The second-order valence-electron chi connectivity index (χ2n) is 7.94. The molecule has 0 fully saturated rings. The number of ether oxygens (including phenoxy) is 1. The summed E-state index contributed by atoms with van der Waals surface area (Å²) in [7, 11) is 0. The molecule has 160 valence electrons. The average molecular weight is 413 g/mol. The van der Waals surface area contributed by atoms with Crippen molar-refractivity contribution in [3.8, 4) is 5.88 Å². The third kappa shape index (κ3) is 4.76. The molecular weight excluding hydrogens is 385 g/mol. The van der Waals surface area contributed by atoms with Crippen molar-refractivity contribution < 1.29 is 13.9 Å². The van der Waals surface area contributed by atoms with Crippen LogP contribution >= 0.6 is 0 Å². The lowest BCUT2D eigenvalue weighted by molar-refractivity contribution is 0.0944. The molecule has 0 aliphatic heterocycles. The first-order valence-corrected chi connectivity index (χ1v) is 10.0. The van der Waals surface area contributed by atoms with E-state index in [0.717, 1.165) is 18.4 Å². The van der Waals surface area contributed by atoms with Crippen molar-refractivity contribution in [1.82, 2.24) is 19.9 Å². The molecule has 0 saturated heterocycles. The fourth-order valence-electron chi connectivity index (χ4n) is 3.44. The molecule has 30 heavy (non-hydrogen) atoms. The van der Waals surface area contributed by atoms with Crippen LogP contribution in [0.25, 0.3) is 5.52 Å². The van der Waals surface area contributed by atoms with E-state index < -0.39 is 11.4 Å². The molecule has 3 rings (SSSR count). The van der Waals surface area contributed by atoms with Gasteiger partial charge in [0.15, 0.2) is 0 Å². The van der Waals surface area contributed by atoms with Gasteiger partial charge in [-0.25, -0.2) is 4.39 Å². The lowest BCUT2D eigenvalue weighted by Crippen LogP contribution is -2.47. The number of carbonyl (C=O) groups is 1. The van der Waals surface area contributed by atoms with Crippen LogP contribution in [0.4, 0.5) is 4.39 Å². The molecule has 3 aromatic heterocycles. The highest BCUT2D eigenvalue weighted by Crippen LogP contribution is 2.24. The van der Waals surface area contributed by atoms with Crippen LogP contribution in [0.1, 0.15) is 54.0 Å². The first-order chi connectivity index (χ1) is 14.2. The van der Waals surface area contributed by atoms with Gasteiger partial charge in [-0.1, -0.05) is 13.3 Å². The molecule has 7 nitrogen and oxygen atoms in total. The number of amides is 1. The Morgan fingerprint density at radius 1 is 1.37 bits per heavy atom. The lowest BCUT2D eigenvalue weighted by Gasteiger charge is -2.24. The molecule has 0 aliphatic rings. The predicted octanol–water partition coefficient (Wildman–Crippen LogP) is 3.31. The van der Waals surface area contributed by atoms with Gasteiger partial charge in [0.05, 0.1) is 16.8 Å². The smallest absolute Gasteiger partial charge is 0.255 e. The van der Waals surface area contributed by atoms with Crippen molar-refractivity contribution in [1.29, 1.82) is 0 Å². The van der Waals surface area contributed by atoms with E-state index in [-0.39, 0.29) is 18.2 Å². The minimum atomic E-state index is -0.474. The summed E-state index contributed by atoms with van der Waals surface area (Å²) in [5, 5.41) is 7.41. The summed E-state index contributed by atoms with van der Waals surface area (Å²) >= 11 is 0. The number of hydrogen-bond donors (Lipinski definition) is 2. The Bertz CT molecular complexity index is 1060. The fraction of sp³-hybridized carbons (Fsp3) is 0.409. The van der Waals surface area contributed by atoms with Gasteiger partial charge in [0.2, 0.25) is 5.88 Å².